The molecule has 1 aliphatic rings. The molecule has 0 saturated carbocycles. The van der Waals surface area contributed by atoms with Crippen molar-refractivity contribution >= 4 is 146 Å². The molecule has 0 aliphatic heterocycles. The van der Waals surface area contributed by atoms with Gasteiger partial charge in [0.05, 0.1) is 21.0 Å². The van der Waals surface area contributed by atoms with Crippen LogP contribution in [0.5, 0.6) is 11.5 Å². The number of rotatable bonds is 4. The van der Waals surface area contributed by atoms with E-state index >= 15 is 0 Å². The van der Waals surface area contributed by atoms with E-state index in [9.17, 15) is 66.0 Å². The van der Waals surface area contributed by atoms with Crippen LogP contribution in [0, 0.1) is 20.2 Å². The number of fused-ring (bicyclic) bond motifs is 2. The number of nitrogens with zero attached hydrogens (tertiary/aromatic N) is 2. The van der Waals surface area contributed by atoms with Crippen molar-refractivity contribution in [2.24, 2.45) is 0 Å². The maximum atomic E-state index is 12.9. The standard InChI is InChI=1S/C14H6N2O14S2.2K/c17-11-5(31(25,26)27)1-3(15(21)22)7-9(11)14(20)8-4(16(23)24)2-6(32(28,29)30)12(18)10(8)13(7)19;;/h1-2,17-18H,(H,25,26,27)(H,28,29,30);;. The zero-order valence-corrected chi connectivity index (χ0v) is 24.6. The summed E-state index contributed by atoms with van der Waals surface area (Å²) in [5.74, 6) is -6.90. The van der Waals surface area contributed by atoms with Crippen molar-refractivity contribution in [2.45, 2.75) is 9.79 Å². The smallest absolute Gasteiger partial charge is 0.298 e. The van der Waals surface area contributed by atoms with E-state index in [2.05, 4.69) is 0 Å². The second kappa shape index (κ2) is 10.3. The van der Waals surface area contributed by atoms with E-state index in [-0.39, 0.29) is 115 Å². The molecule has 170 valence electrons. The molecule has 0 unspecified atom stereocenters. The Bertz CT molecular complexity index is 1420. The average molecular weight is 569 g/mol. The number of nitro groups is 2. The predicted octanol–water partition coefficient (Wildman–Crippen LogP) is -0.579. The molecule has 0 fully saturated rings. The molecule has 0 saturated heterocycles. The van der Waals surface area contributed by atoms with Crippen molar-refractivity contribution in [1.82, 2.24) is 0 Å². The van der Waals surface area contributed by atoms with Gasteiger partial charge >= 0.3 is 0 Å². The number of ketones is 2. The van der Waals surface area contributed by atoms with E-state index in [0.29, 0.717) is 0 Å². The van der Waals surface area contributed by atoms with Crippen LogP contribution in [0.3, 0.4) is 0 Å². The predicted molar refractivity (Wildman–Crippen MR) is 108 cm³/mol. The van der Waals surface area contributed by atoms with Crippen LogP contribution < -0.4 is 0 Å². The van der Waals surface area contributed by atoms with Crippen molar-refractivity contribution in [2.75, 3.05) is 0 Å². The normalized spacial score (nSPS) is 12.6. The summed E-state index contributed by atoms with van der Waals surface area (Å²) in [6.07, 6.45) is 0. The fourth-order valence-electron chi connectivity index (χ4n) is 3.10. The first-order valence-electron chi connectivity index (χ1n) is 7.63. The fraction of sp³-hybridized carbons (Fsp3) is 0. The molecule has 0 heterocycles. The fourth-order valence-corrected chi connectivity index (χ4v) is 4.32. The molecule has 0 aromatic heterocycles. The number of phenols is 2. The summed E-state index contributed by atoms with van der Waals surface area (Å²) in [5, 5.41) is 43.1. The number of benzene rings is 2. The van der Waals surface area contributed by atoms with Gasteiger partial charge < -0.3 is 10.2 Å². The van der Waals surface area contributed by atoms with Gasteiger partial charge in [0.25, 0.3) is 31.6 Å². The number of hydrogen-bond donors (Lipinski definition) is 4. The minimum Gasteiger partial charge on any atom is -0.506 e. The van der Waals surface area contributed by atoms with E-state index in [1.54, 1.807) is 0 Å². The summed E-state index contributed by atoms with van der Waals surface area (Å²) in [7, 11) is -10.8. The summed E-state index contributed by atoms with van der Waals surface area (Å²) < 4.78 is 64.2. The number of carbonyl (C=O) groups is 2. The molecule has 4 N–H and O–H groups in total. The monoisotopic (exact) mass is 568 g/mol. The van der Waals surface area contributed by atoms with Crippen LogP contribution in [0.2, 0.25) is 0 Å². The Kier molecular flexibility index (Phi) is 9.51. The third-order valence-electron chi connectivity index (χ3n) is 4.35. The average Bonchev–Trinajstić information content (AvgIpc) is 2.62. The number of nitro benzene ring substituents is 2. The Morgan fingerprint density at radius 2 is 0.912 bits per heavy atom. The van der Waals surface area contributed by atoms with E-state index in [4.69, 9.17) is 0 Å². The molecule has 3 rings (SSSR count). The van der Waals surface area contributed by atoms with Gasteiger partial charge in [-0.1, -0.05) is 0 Å². The minimum atomic E-state index is -5.42. The van der Waals surface area contributed by atoms with E-state index in [1.807, 2.05) is 0 Å². The van der Waals surface area contributed by atoms with E-state index < -0.39 is 96.6 Å². The van der Waals surface area contributed by atoms with Crippen molar-refractivity contribution < 1.29 is 55.6 Å². The second-order valence-electron chi connectivity index (χ2n) is 6.11. The number of hydrogen-bond acceptors (Lipinski definition) is 12. The van der Waals surface area contributed by atoms with Crippen LogP contribution in [0.1, 0.15) is 31.8 Å². The molecule has 1 aliphatic carbocycles. The van der Waals surface area contributed by atoms with Gasteiger partial charge in [-0.25, -0.2) is 0 Å². The topological polar surface area (TPSA) is 270 Å². The van der Waals surface area contributed by atoms with E-state index in [0.717, 1.165) is 0 Å². The molecule has 0 spiro atoms. The quantitative estimate of drug-likeness (QED) is 0.133. The van der Waals surface area contributed by atoms with Crippen molar-refractivity contribution in [3.05, 3.63) is 54.6 Å². The number of carbonyl (C=O) groups excluding carboxylic acids is 2. The second-order valence-corrected chi connectivity index (χ2v) is 8.89. The van der Waals surface area contributed by atoms with Gasteiger partial charge in [0.1, 0.15) is 32.4 Å². The third-order valence-corrected chi connectivity index (χ3v) is 6.08. The maximum Gasteiger partial charge on any atom is 0.298 e. The number of phenolic OH excluding ortho intramolecular Hbond substituents is 2. The minimum absolute atomic E-state index is 0. The molecule has 2 aromatic rings. The van der Waals surface area contributed by atoms with Gasteiger partial charge in [0, 0.05) is 115 Å². The molecule has 0 atom stereocenters. The first-order valence-corrected chi connectivity index (χ1v) is 10.5. The van der Waals surface area contributed by atoms with Crippen LogP contribution in [-0.2, 0) is 20.2 Å². The van der Waals surface area contributed by atoms with Gasteiger partial charge in [0.2, 0.25) is 11.6 Å². The Morgan fingerprint density at radius 1 is 0.647 bits per heavy atom. The van der Waals surface area contributed by atoms with Crippen LogP contribution in [0.4, 0.5) is 11.4 Å². The summed E-state index contributed by atoms with van der Waals surface area (Å²) >= 11 is 0. The molecule has 2 aromatic carbocycles. The van der Waals surface area contributed by atoms with Gasteiger partial charge in [-0.3, -0.25) is 38.9 Å². The van der Waals surface area contributed by atoms with Crippen LogP contribution in [0.15, 0.2) is 21.9 Å². The summed E-state index contributed by atoms with van der Waals surface area (Å²) in [4.78, 5) is 42.7. The first-order chi connectivity index (χ1) is 14.5. The maximum absolute atomic E-state index is 12.9. The van der Waals surface area contributed by atoms with Crippen molar-refractivity contribution in [3.8, 4) is 11.5 Å². The first kappa shape index (κ1) is 31.3. The Labute approximate surface area is 273 Å². The van der Waals surface area contributed by atoms with Gasteiger partial charge in [-0.15, -0.1) is 0 Å². The van der Waals surface area contributed by atoms with Gasteiger partial charge in [-0.05, 0) is 0 Å². The van der Waals surface area contributed by atoms with E-state index in [1.165, 1.54) is 0 Å². The molecule has 0 amide bonds. The molecule has 16 nitrogen and oxygen atoms in total. The molecule has 34 heavy (non-hydrogen) atoms. The summed E-state index contributed by atoms with van der Waals surface area (Å²) in [5.41, 5.74) is -8.51. The zero-order valence-electron chi connectivity index (χ0n) is 16.7. The zero-order chi connectivity index (χ0) is 24.5. The van der Waals surface area contributed by atoms with Crippen LogP contribution in [-0.4, -0.2) is 160 Å². The summed E-state index contributed by atoms with van der Waals surface area (Å²) in [6, 6.07) is 0.0234. The van der Waals surface area contributed by atoms with Crippen molar-refractivity contribution in [1.29, 1.82) is 0 Å². The Balaban J connectivity index is 0.00000289. The molecule has 20 heteroatoms. The molecule has 2 radical (unpaired) electrons. The Hall–Kier alpha value is -0.727. The van der Waals surface area contributed by atoms with Gasteiger partial charge in [-0.2, -0.15) is 16.8 Å². The van der Waals surface area contributed by atoms with Crippen LogP contribution >= 0.6 is 0 Å². The number of aromatic hydroxyl groups is 2. The van der Waals surface area contributed by atoms with Crippen molar-refractivity contribution in [3.63, 3.8) is 0 Å². The molecule has 0 bridgehead atoms. The largest absolute Gasteiger partial charge is 0.506 e. The summed E-state index contributed by atoms with van der Waals surface area (Å²) in [6.45, 7) is 0. The third kappa shape index (κ3) is 5.06. The SMILES string of the molecule is O=C1c2c([N+](=O)[O-])cc(S(=O)(=O)O)c(O)c2C(=O)c2c([N+](=O)[O-])cc(S(=O)(=O)O)c(O)c21.[K].[K]. The molecular formula is C14H6K2N2O14S2. The van der Waals surface area contributed by atoms with Gasteiger partial charge in [0.15, 0.2) is 0 Å². The Morgan fingerprint density at radius 3 is 1.12 bits per heavy atom. The molecular weight excluding hydrogens is 562 g/mol. The van der Waals surface area contributed by atoms with Crippen LogP contribution in [0.25, 0.3) is 0 Å².